The number of fused-ring (bicyclic) bond motifs is 5. The van der Waals surface area contributed by atoms with Gasteiger partial charge < -0.3 is 34.7 Å². The number of aldehydes is 1. The van der Waals surface area contributed by atoms with Gasteiger partial charge in [0, 0.05) is 11.8 Å². The van der Waals surface area contributed by atoms with Gasteiger partial charge in [0.25, 0.3) is 5.79 Å². The van der Waals surface area contributed by atoms with E-state index in [0.29, 0.717) is 25.5 Å². The molecular formula is C39H47BrO10. The summed E-state index contributed by atoms with van der Waals surface area (Å²) in [6.45, 7) is 5.68. The molecule has 0 spiro atoms. The standard InChI is InChI=1S/C39H47BrO10/c1-22(14-17-30(44)45)27-15-16-28-31-29(43)19-25-18-26(42)20-39(49-34(46)23-10-6-4-7-11-23,50-35(47)24-12-8-5-9-13-24)36(25,2)32(31)33(40)38(48,21-41)37(27,28)3/h4-13,21-22,25-29,31-33,42-43,48H,14-20H2,1-3H3,(H,44,45)/t22-,25+,26+,27-,28+,29-,31-,32-,33?,36+,37-,38+/m1/s1. The predicted molar refractivity (Wildman–Crippen MR) is 185 cm³/mol. The molecule has 2 aromatic rings. The number of aliphatic carboxylic acids is 1. The molecule has 0 amide bonds. The molecule has 4 fully saturated rings. The Balaban J connectivity index is 1.51. The highest BCUT2D eigenvalue weighted by atomic mass is 79.9. The van der Waals surface area contributed by atoms with E-state index in [0.717, 1.165) is 0 Å². The normalized spacial score (nSPS) is 39.2. The monoisotopic (exact) mass is 754 g/mol. The number of carboxylic acid groups (broad SMARTS) is 1. The van der Waals surface area contributed by atoms with Gasteiger partial charge in [0.2, 0.25) is 0 Å². The van der Waals surface area contributed by atoms with Gasteiger partial charge in [-0.1, -0.05) is 73.1 Å². The first kappa shape index (κ1) is 36.7. The zero-order valence-corrected chi connectivity index (χ0v) is 30.2. The van der Waals surface area contributed by atoms with E-state index in [1.807, 2.05) is 20.8 Å². The van der Waals surface area contributed by atoms with Crippen LogP contribution in [0.4, 0.5) is 0 Å². The Morgan fingerprint density at radius 2 is 1.48 bits per heavy atom. The molecule has 4 aliphatic carbocycles. The predicted octanol–water partition coefficient (Wildman–Crippen LogP) is 5.41. The smallest absolute Gasteiger partial charge is 0.341 e. The van der Waals surface area contributed by atoms with Crippen molar-refractivity contribution in [3.05, 3.63) is 71.8 Å². The third-order valence-electron chi connectivity index (χ3n) is 13.4. The molecule has 0 aromatic heterocycles. The van der Waals surface area contributed by atoms with Gasteiger partial charge in [-0.25, -0.2) is 9.59 Å². The first-order valence-electron chi connectivity index (χ1n) is 17.6. The second-order valence-corrected chi connectivity index (χ2v) is 16.6. The summed E-state index contributed by atoms with van der Waals surface area (Å²) in [5, 5.41) is 45.7. The van der Waals surface area contributed by atoms with Crippen molar-refractivity contribution >= 4 is 40.1 Å². The molecule has 11 heteroatoms. The quantitative estimate of drug-likeness (QED) is 0.113. The maximum Gasteiger partial charge on any atom is 0.341 e. The third-order valence-corrected chi connectivity index (χ3v) is 14.7. The van der Waals surface area contributed by atoms with E-state index in [2.05, 4.69) is 15.9 Å². The summed E-state index contributed by atoms with van der Waals surface area (Å²) in [7, 11) is 0. The molecule has 0 radical (unpaired) electrons. The van der Waals surface area contributed by atoms with Crippen LogP contribution in [0.5, 0.6) is 0 Å². The van der Waals surface area contributed by atoms with Crippen LogP contribution in [0.1, 0.15) is 86.4 Å². The lowest BCUT2D eigenvalue weighted by Crippen LogP contribution is -2.77. The van der Waals surface area contributed by atoms with E-state index >= 15 is 0 Å². The van der Waals surface area contributed by atoms with Gasteiger partial charge in [-0.3, -0.25) is 4.79 Å². The molecule has 50 heavy (non-hydrogen) atoms. The number of hydrogen-bond donors (Lipinski definition) is 4. The van der Waals surface area contributed by atoms with Crippen LogP contribution in [0, 0.1) is 46.3 Å². The number of halogens is 1. The topological polar surface area (TPSA) is 168 Å². The lowest BCUT2D eigenvalue weighted by Gasteiger charge is -2.69. The molecule has 4 saturated carbocycles. The summed E-state index contributed by atoms with van der Waals surface area (Å²) in [4.78, 5) is 51.9. The fourth-order valence-corrected chi connectivity index (χ4v) is 12.5. The Hall–Kier alpha value is -3.12. The lowest BCUT2D eigenvalue weighted by molar-refractivity contribution is -0.335. The average molecular weight is 756 g/mol. The zero-order chi connectivity index (χ0) is 36.2. The average Bonchev–Trinajstić information content (AvgIpc) is 3.45. The van der Waals surface area contributed by atoms with Crippen molar-refractivity contribution in [1.82, 2.24) is 0 Å². The van der Waals surface area contributed by atoms with Gasteiger partial charge in [0.15, 0.2) is 6.29 Å². The molecule has 0 saturated heterocycles. The Bertz CT molecular complexity index is 1550. The summed E-state index contributed by atoms with van der Waals surface area (Å²) >= 11 is 3.81. The number of carbonyl (C=O) groups excluding carboxylic acids is 3. The molecule has 0 bridgehead atoms. The Kier molecular flexibility index (Phi) is 9.86. The van der Waals surface area contributed by atoms with Crippen LogP contribution >= 0.6 is 15.9 Å². The van der Waals surface area contributed by atoms with Crippen molar-refractivity contribution in [1.29, 1.82) is 0 Å². The molecule has 1 unspecified atom stereocenters. The van der Waals surface area contributed by atoms with E-state index in [9.17, 15) is 39.6 Å². The molecular weight excluding hydrogens is 708 g/mol. The van der Waals surface area contributed by atoms with Crippen LogP contribution < -0.4 is 0 Å². The first-order chi connectivity index (χ1) is 23.6. The van der Waals surface area contributed by atoms with Crippen molar-refractivity contribution in [2.24, 2.45) is 46.3 Å². The SMILES string of the molecule is C[C@H](CCC(=O)O)[C@H]1CC[C@H]2[C@@H]3[C@H](O)C[C@@H]4C[C@H](O)CC(OC(=O)c5ccccc5)(OC(=O)c5ccccc5)[C@]4(C)[C@H]3C(Br)[C@@](O)(C=O)[C@]12C. The number of ether oxygens (including phenoxy) is 2. The third kappa shape index (κ3) is 5.54. The van der Waals surface area contributed by atoms with Crippen LogP contribution in [0.2, 0.25) is 0 Å². The van der Waals surface area contributed by atoms with Crippen LogP contribution in [-0.4, -0.2) is 73.0 Å². The van der Waals surface area contributed by atoms with E-state index in [4.69, 9.17) is 9.47 Å². The van der Waals surface area contributed by atoms with Crippen molar-refractivity contribution in [3.63, 3.8) is 0 Å². The maximum atomic E-state index is 14.0. The van der Waals surface area contributed by atoms with Gasteiger partial charge >= 0.3 is 17.9 Å². The molecule has 270 valence electrons. The highest BCUT2D eigenvalue weighted by Gasteiger charge is 2.78. The highest BCUT2D eigenvalue weighted by Crippen LogP contribution is 2.73. The summed E-state index contributed by atoms with van der Waals surface area (Å²) in [6, 6.07) is 16.6. The summed E-state index contributed by atoms with van der Waals surface area (Å²) < 4.78 is 12.8. The fourth-order valence-electron chi connectivity index (χ4n) is 11.0. The first-order valence-corrected chi connectivity index (χ1v) is 18.5. The molecule has 12 atom stereocenters. The molecule has 6 rings (SSSR count). The van der Waals surface area contributed by atoms with Crippen LogP contribution in [0.3, 0.4) is 0 Å². The minimum atomic E-state index is -2.07. The molecule has 10 nitrogen and oxygen atoms in total. The number of carbonyl (C=O) groups is 4. The van der Waals surface area contributed by atoms with E-state index < -0.39 is 74.9 Å². The van der Waals surface area contributed by atoms with Crippen molar-refractivity contribution < 1.29 is 49.1 Å². The van der Waals surface area contributed by atoms with Gasteiger partial charge in [-0.05, 0) is 91.9 Å². The van der Waals surface area contributed by atoms with Gasteiger partial charge in [0.05, 0.1) is 40.0 Å². The number of aliphatic hydroxyl groups is 3. The summed E-state index contributed by atoms with van der Waals surface area (Å²) in [5.41, 5.74) is -3.95. The minimum absolute atomic E-state index is 0.0471. The number of esters is 2. The van der Waals surface area contributed by atoms with Gasteiger partial charge in [0.1, 0.15) is 5.60 Å². The largest absolute Gasteiger partial charge is 0.481 e. The highest BCUT2D eigenvalue weighted by molar-refractivity contribution is 9.09. The lowest BCUT2D eigenvalue weighted by atomic mass is 9.39. The van der Waals surface area contributed by atoms with E-state index in [1.54, 1.807) is 60.7 Å². The van der Waals surface area contributed by atoms with Crippen molar-refractivity contribution in [3.8, 4) is 0 Å². The molecule has 0 aliphatic heterocycles. The molecule has 0 heterocycles. The minimum Gasteiger partial charge on any atom is -0.481 e. The van der Waals surface area contributed by atoms with Crippen LogP contribution in [0.15, 0.2) is 60.7 Å². The van der Waals surface area contributed by atoms with E-state index in [-0.39, 0.29) is 54.6 Å². The van der Waals surface area contributed by atoms with Crippen molar-refractivity contribution in [2.75, 3.05) is 0 Å². The van der Waals surface area contributed by atoms with Crippen LogP contribution in [0.25, 0.3) is 0 Å². The Morgan fingerprint density at radius 3 is 2.00 bits per heavy atom. The zero-order valence-electron chi connectivity index (χ0n) is 28.6. The second-order valence-electron chi connectivity index (χ2n) is 15.6. The van der Waals surface area contributed by atoms with E-state index in [1.165, 1.54) is 0 Å². The van der Waals surface area contributed by atoms with Crippen molar-refractivity contribution in [2.45, 2.75) is 94.1 Å². The Labute approximate surface area is 300 Å². The molecule has 4 N–H and O–H groups in total. The van der Waals surface area contributed by atoms with Gasteiger partial charge in [-0.2, -0.15) is 0 Å². The number of alkyl halides is 1. The van der Waals surface area contributed by atoms with Gasteiger partial charge in [-0.15, -0.1) is 0 Å². The molecule has 4 aliphatic rings. The number of benzene rings is 2. The fraction of sp³-hybridized carbons (Fsp3) is 0.590. The summed E-state index contributed by atoms with van der Waals surface area (Å²) in [6.07, 6.45) is 0.247. The maximum absolute atomic E-state index is 14.0. The number of rotatable bonds is 9. The molecule has 2 aromatic carbocycles. The number of hydrogen-bond acceptors (Lipinski definition) is 9. The summed E-state index contributed by atoms with van der Waals surface area (Å²) in [5.74, 6) is -7.17. The Morgan fingerprint density at radius 1 is 0.920 bits per heavy atom. The second kappa shape index (κ2) is 13.5. The number of aliphatic hydroxyl groups excluding tert-OH is 2. The van der Waals surface area contributed by atoms with Crippen LogP contribution in [-0.2, 0) is 19.1 Å². The number of carboxylic acids is 1.